The van der Waals surface area contributed by atoms with Gasteiger partial charge in [-0.25, -0.2) is 4.79 Å². The van der Waals surface area contributed by atoms with E-state index in [-0.39, 0.29) is 23.9 Å². The van der Waals surface area contributed by atoms with Gasteiger partial charge in [-0.3, -0.25) is 10.1 Å². The molecule has 1 aliphatic heterocycles. The number of hydrogen-bond donors (Lipinski definition) is 2. The first-order valence-corrected chi connectivity index (χ1v) is 4.62. The van der Waals surface area contributed by atoms with E-state index in [2.05, 4.69) is 24.5 Å². The molecule has 0 aliphatic carbocycles. The fourth-order valence-electron chi connectivity index (χ4n) is 1.71. The van der Waals surface area contributed by atoms with E-state index in [4.69, 9.17) is 0 Å². The van der Waals surface area contributed by atoms with Crippen molar-refractivity contribution < 1.29 is 9.59 Å². The zero-order valence-electron chi connectivity index (χ0n) is 8.26. The van der Waals surface area contributed by atoms with Gasteiger partial charge in [-0.1, -0.05) is 20.8 Å². The highest BCUT2D eigenvalue weighted by molar-refractivity contribution is 6.04. The number of nitrogens with one attached hydrogen (secondary N) is 2. The second-order valence-corrected chi connectivity index (χ2v) is 4.05. The molecular formula is C9H16N2O2. The lowest BCUT2D eigenvalue weighted by molar-refractivity contribution is -0.121. The van der Waals surface area contributed by atoms with Crippen molar-refractivity contribution in [3.05, 3.63) is 0 Å². The van der Waals surface area contributed by atoms with Gasteiger partial charge in [-0.05, 0) is 18.3 Å². The van der Waals surface area contributed by atoms with Crippen molar-refractivity contribution in [2.45, 2.75) is 33.2 Å². The van der Waals surface area contributed by atoms with E-state index in [1.807, 2.05) is 6.92 Å². The smallest absolute Gasteiger partial charge is 0.322 e. The second kappa shape index (κ2) is 3.77. The van der Waals surface area contributed by atoms with Gasteiger partial charge < -0.3 is 5.32 Å². The summed E-state index contributed by atoms with van der Waals surface area (Å²) in [6.07, 6.45) is 0.943. The molecule has 4 nitrogen and oxygen atoms in total. The molecule has 2 atom stereocenters. The van der Waals surface area contributed by atoms with E-state index in [0.717, 1.165) is 6.42 Å². The molecule has 0 saturated carbocycles. The minimum Gasteiger partial charge on any atom is -0.326 e. The van der Waals surface area contributed by atoms with Crippen LogP contribution in [0.4, 0.5) is 4.79 Å². The number of carbonyl (C=O) groups excluding carboxylic acids is 2. The SMILES string of the molecule is CC(C)CC(C)C1NC(=O)NC1=O. The third-order valence-electron chi connectivity index (χ3n) is 2.22. The molecule has 4 heteroatoms. The Hall–Kier alpha value is -1.06. The van der Waals surface area contributed by atoms with Gasteiger partial charge in [0, 0.05) is 0 Å². The van der Waals surface area contributed by atoms with Gasteiger partial charge in [-0.2, -0.15) is 0 Å². The molecule has 13 heavy (non-hydrogen) atoms. The summed E-state index contributed by atoms with van der Waals surface area (Å²) in [5.41, 5.74) is 0. The van der Waals surface area contributed by atoms with Gasteiger partial charge in [-0.15, -0.1) is 0 Å². The Bertz CT molecular complexity index is 226. The van der Waals surface area contributed by atoms with Crippen LogP contribution in [0.2, 0.25) is 0 Å². The lowest BCUT2D eigenvalue weighted by Gasteiger charge is -2.18. The maximum absolute atomic E-state index is 11.2. The summed E-state index contributed by atoms with van der Waals surface area (Å²) in [4.78, 5) is 22.0. The third-order valence-corrected chi connectivity index (χ3v) is 2.22. The molecule has 0 aromatic carbocycles. The standard InChI is InChI=1S/C9H16N2O2/c1-5(2)4-6(3)7-8(12)11-9(13)10-7/h5-7H,4H2,1-3H3,(H2,10,11,12,13). The zero-order chi connectivity index (χ0) is 10.0. The fraction of sp³-hybridized carbons (Fsp3) is 0.778. The predicted molar refractivity (Wildman–Crippen MR) is 49.1 cm³/mol. The number of hydrogen-bond acceptors (Lipinski definition) is 2. The Balaban J connectivity index is 2.52. The molecule has 0 aromatic heterocycles. The van der Waals surface area contributed by atoms with Crippen LogP contribution in [-0.4, -0.2) is 18.0 Å². The summed E-state index contributed by atoms with van der Waals surface area (Å²) in [5.74, 6) is 0.546. The molecule has 1 fully saturated rings. The van der Waals surface area contributed by atoms with Crippen LogP contribution in [0.1, 0.15) is 27.2 Å². The minimum absolute atomic E-state index is 0.196. The van der Waals surface area contributed by atoms with Crippen molar-refractivity contribution in [2.24, 2.45) is 11.8 Å². The Morgan fingerprint density at radius 3 is 2.31 bits per heavy atom. The van der Waals surface area contributed by atoms with E-state index in [9.17, 15) is 9.59 Å². The van der Waals surface area contributed by atoms with E-state index >= 15 is 0 Å². The van der Waals surface area contributed by atoms with E-state index in [1.165, 1.54) is 0 Å². The average molecular weight is 184 g/mol. The van der Waals surface area contributed by atoms with E-state index in [0.29, 0.717) is 5.92 Å². The third kappa shape index (κ3) is 2.44. The van der Waals surface area contributed by atoms with Gasteiger partial charge in [0.2, 0.25) is 0 Å². The molecule has 0 bridgehead atoms. The molecule has 1 saturated heterocycles. The predicted octanol–water partition coefficient (Wildman–Crippen LogP) is 0.877. The molecule has 3 amide bonds. The second-order valence-electron chi connectivity index (χ2n) is 4.05. The summed E-state index contributed by atoms with van der Waals surface area (Å²) in [5, 5.41) is 4.84. The summed E-state index contributed by atoms with van der Waals surface area (Å²) < 4.78 is 0. The Morgan fingerprint density at radius 2 is 1.92 bits per heavy atom. The van der Waals surface area contributed by atoms with E-state index < -0.39 is 0 Å². The highest BCUT2D eigenvalue weighted by Gasteiger charge is 2.33. The molecule has 0 aromatic rings. The Kier molecular flexibility index (Phi) is 2.90. The molecule has 0 spiro atoms. The fourth-order valence-corrected chi connectivity index (χ4v) is 1.71. The lowest BCUT2D eigenvalue weighted by atomic mass is 9.92. The quantitative estimate of drug-likeness (QED) is 0.639. The number of carbonyl (C=O) groups is 2. The molecule has 2 unspecified atom stereocenters. The first kappa shape index (κ1) is 10.0. The van der Waals surface area contributed by atoms with E-state index in [1.54, 1.807) is 0 Å². The van der Waals surface area contributed by atoms with Crippen molar-refractivity contribution in [1.82, 2.24) is 10.6 Å². The molecule has 0 radical (unpaired) electrons. The van der Waals surface area contributed by atoms with Gasteiger partial charge in [0.05, 0.1) is 0 Å². The van der Waals surface area contributed by atoms with Crippen molar-refractivity contribution in [1.29, 1.82) is 0 Å². The van der Waals surface area contributed by atoms with Crippen molar-refractivity contribution in [3.63, 3.8) is 0 Å². The van der Waals surface area contributed by atoms with Crippen molar-refractivity contribution in [3.8, 4) is 0 Å². The summed E-state index contributed by atoms with van der Waals surface area (Å²) in [6, 6.07) is -0.708. The maximum atomic E-state index is 11.2. The highest BCUT2D eigenvalue weighted by Crippen LogP contribution is 2.16. The maximum Gasteiger partial charge on any atom is 0.322 e. The Morgan fingerprint density at radius 1 is 1.31 bits per heavy atom. The van der Waals surface area contributed by atoms with Gasteiger partial charge >= 0.3 is 6.03 Å². The summed E-state index contributed by atoms with van der Waals surface area (Å²) in [6.45, 7) is 6.19. The molecule has 2 N–H and O–H groups in total. The first-order chi connectivity index (χ1) is 6.00. The van der Waals surface area contributed by atoms with Gasteiger partial charge in [0.15, 0.2) is 0 Å². The topological polar surface area (TPSA) is 58.2 Å². The van der Waals surface area contributed by atoms with Crippen LogP contribution in [0.15, 0.2) is 0 Å². The largest absolute Gasteiger partial charge is 0.326 e. The van der Waals surface area contributed by atoms with Crippen LogP contribution >= 0.6 is 0 Å². The lowest BCUT2D eigenvalue weighted by Crippen LogP contribution is -2.36. The number of urea groups is 1. The summed E-state index contributed by atoms with van der Waals surface area (Å²) >= 11 is 0. The van der Waals surface area contributed by atoms with Crippen LogP contribution in [0.25, 0.3) is 0 Å². The molecule has 1 aliphatic rings. The number of rotatable bonds is 3. The first-order valence-electron chi connectivity index (χ1n) is 4.62. The van der Waals surface area contributed by atoms with Crippen LogP contribution in [0, 0.1) is 11.8 Å². The monoisotopic (exact) mass is 184 g/mol. The normalized spacial score (nSPS) is 24.5. The van der Waals surface area contributed by atoms with Crippen molar-refractivity contribution >= 4 is 11.9 Å². The summed E-state index contributed by atoms with van der Waals surface area (Å²) in [7, 11) is 0. The molecular weight excluding hydrogens is 168 g/mol. The Labute approximate surface area is 78.1 Å². The van der Waals surface area contributed by atoms with Gasteiger partial charge in [0.1, 0.15) is 6.04 Å². The van der Waals surface area contributed by atoms with Crippen LogP contribution < -0.4 is 10.6 Å². The van der Waals surface area contributed by atoms with Crippen LogP contribution in [-0.2, 0) is 4.79 Å². The molecule has 1 rings (SSSR count). The number of imide groups is 1. The van der Waals surface area contributed by atoms with Gasteiger partial charge in [0.25, 0.3) is 5.91 Å². The van der Waals surface area contributed by atoms with Crippen molar-refractivity contribution in [2.75, 3.05) is 0 Å². The molecule has 1 heterocycles. The zero-order valence-corrected chi connectivity index (χ0v) is 8.26. The van der Waals surface area contributed by atoms with Crippen LogP contribution in [0.5, 0.6) is 0 Å². The van der Waals surface area contributed by atoms with Crippen LogP contribution in [0.3, 0.4) is 0 Å². The average Bonchev–Trinajstić information content (AvgIpc) is 2.28. The highest BCUT2D eigenvalue weighted by atomic mass is 16.2. The number of amides is 3. The minimum atomic E-state index is -0.370. The molecule has 74 valence electrons.